The number of amides is 1. The molecule has 2 N–H and O–H groups in total. The molecule has 1 aliphatic rings. The maximum absolute atomic E-state index is 14.4. The number of carbonyl (C=O) groups is 1. The molecule has 0 spiro atoms. The summed E-state index contributed by atoms with van der Waals surface area (Å²) in [7, 11) is 1.45. The highest BCUT2D eigenvalue weighted by Crippen LogP contribution is 2.27. The summed E-state index contributed by atoms with van der Waals surface area (Å²) in [4.78, 5) is 12.2. The molecule has 2 aromatic carbocycles. The molecule has 1 amide bonds. The van der Waals surface area contributed by atoms with Crippen LogP contribution in [0.3, 0.4) is 0 Å². The van der Waals surface area contributed by atoms with Gasteiger partial charge in [0.05, 0.1) is 12.7 Å². The normalized spacial score (nSPS) is 13.9. The van der Waals surface area contributed by atoms with Crippen LogP contribution >= 0.6 is 0 Å². The number of halogens is 2. The van der Waals surface area contributed by atoms with E-state index in [9.17, 15) is 13.6 Å². The minimum absolute atomic E-state index is 0.0581. The molecule has 0 bridgehead atoms. The molecule has 3 rings (SSSR count). The average molecular weight is 358 g/mol. The Morgan fingerprint density at radius 1 is 1.19 bits per heavy atom. The second-order valence-electron chi connectivity index (χ2n) is 6.04. The van der Waals surface area contributed by atoms with E-state index in [2.05, 4.69) is 10.6 Å². The molecule has 0 unspecified atom stereocenters. The van der Waals surface area contributed by atoms with Crippen molar-refractivity contribution < 1.29 is 18.3 Å². The van der Waals surface area contributed by atoms with Gasteiger partial charge in [0.2, 0.25) is 0 Å². The van der Waals surface area contributed by atoms with E-state index in [0.717, 1.165) is 25.1 Å². The summed E-state index contributed by atoms with van der Waals surface area (Å²) in [6.45, 7) is 2.05. The summed E-state index contributed by atoms with van der Waals surface area (Å²) >= 11 is 0. The highest BCUT2D eigenvalue weighted by atomic mass is 19.1. The minimum Gasteiger partial charge on any atom is -0.497 e. The third-order valence-corrected chi connectivity index (χ3v) is 4.33. The zero-order valence-electron chi connectivity index (χ0n) is 14.4. The molecule has 0 saturated carbocycles. The van der Waals surface area contributed by atoms with Crippen molar-refractivity contribution in [3.63, 3.8) is 0 Å². The first kappa shape index (κ1) is 18.1. The molecule has 1 heterocycles. The van der Waals surface area contributed by atoms with Crippen molar-refractivity contribution in [3.05, 3.63) is 65.2 Å². The van der Waals surface area contributed by atoms with E-state index >= 15 is 0 Å². The maximum atomic E-state index is 14.4. The molecule has 0 aliphatic carbocycles. The van der Waals surface area contributed by atoms with Crippen LogP contribution in [0.1, 0.15) is 16.8 Å². The Kier molecular flexibility index (Phi) is 5.63. The van der Waals surface area contributed by atoms with E-state index < -0.39 is 17.5 Å². The number of carbonyl (C=O) groups excluding carboxylic acids is 1. The standard InChI is InChI=1S/C20H20F2N2O2/c1-26-15-3-5-16(19(22)11-15)14-2-4-17(18(21)10-14)20(25)24-12-13-6-8-23-9-7-13/h2-6,10-11,23H,7-9,12H2,1H3,(H,24,25). The zero-order valence-corrected chi connectivity index (χ0v) is 14.4. The van der Waals surface area contributed by atoms with E-state index in [1.54, 1.807) is 6.07 Å². The Bertz CT molecular complexity index is 850. The smallest absolute Gasteiger partial charge is 0.254 e. The molecule has 0 fully saturated rings. The predicted octanol–water partition coefficient (Wildman–Crippen LogP) is 3.29. The van der Waals surface area contributed by atoms with Crippen molar-refractivity contribution in [2.45, 2.75) is 6.42 Å². The van der Waals surface area contributed by atoms with Gasteiger partial charge in [-0.2, -0.15) is 0 Å². The van der Waals surface area contributed by atoms with E-state index in [1.807, 2.05) is 6.08 Å². The summed E-state index contributed by atoms with van der Waals surface area (Å²) in [6.07, 6.45) is 2.88. The number of methoxy groups -OCH3 is 1. The summed E-state index contributed by atoms with van der Waals surface area (Å²) in [5.74, 6) is -1.30. The van der Waals surface area contributed by atoms with E-state index in [4.69, 9.17) is 4.74 Å². The molecular formula is C20H20F2N2O2. The number of benzene rings is 2. The number of nitrogens with one attached hydrogen (secondary N) is 2. The van der Waals surface area contributed by atoms with Crippen LogP contribution in [0.15, 0.2) is 48.0 Å². The lowest BCUT2D eigenvalue weighted by Crippen LogP contribution is -2.30. The summed E-state index contributed by atoms with van der Waals surface area (Å²) < 4.78 is 33.5. The number of ether oxygens (including phenoxy) is 1. The number of rotatable bonds is 5. The third kappa shape index (κ3) is 4.08. The van der Waals surface area contributed by atoms with Crippen LogP contribution in [0.2, 0.25) is 0 Å². The van der Waals surface area contributed by atoms with Crippen molar-refractivity contribution in [2.24, 2.45) is 0 Å². The first-order valence-corrected chi connectivity index (χ1v) is 8.39. The Morgan fingerprint density at radius 3 is 2.69 bits per heavy atom. The third-order valence-electron chi connectivity index (χ3n) is 4.33. The van der Waals surface area contributed by atoms with Gasteiger partial charge in [0.15, 0.2) is 0 Å². The van der Waals surface area contributed by atoms with Crippen LogP contribution in [0.4, 0.5) is 8.78 Å². The van der Waals surface area contributed by atoms with Gasteiger partial charge in [-0.3, -0.25) is 4.79 Å². The number of hydrogen-bond donors (Lipinski definition) is 2. The fourth-order valence-corrected chi connectivity index (χ4v) is 2.84. The van der Waals surface area contributed by atoms with E-state index in [1.165, 1.54) is 37.4 Å². The molecule has 0 saturated heterocycles. The molecule has 0 atom stereocenters. The van der Waals surface area contributed by atoms with Crippen LogP contribution in [0, 0.1) is 11.6 Å². The van der Waals surface area contributed by atoms with Crippen molar-refractivity contribution >= 4 is 5.91 Å². The molecule has 1 aliphatic heterocycles. The monoisotopic (exact) mass is 358 g/mol. The SMILES string of the molecule is COc1ccc(-c2ccc(C(=O)NCC3=CCNCC3)c(F)c2)c(F)c1. The minimum atomic E-state index is -0.686. The molecule has 0 aromatic heterocycles. The Labute approximate surface area is 150 Å². The van der Waals surface area contributed by atoms with Crippen LogP contribution in [-0.2, 0) is 0 Å². The first-order chi connectivity index (χ1) is 12.6. The largest absolute Gasteiger partial charge is 0.497 e. The molecule has 4 nitrogen and oxygen atoms in total. The van der Waals surface area contributed by atoms with Crippen molar-refractivity contribution in [1.82, 2.24) is 10.6 Å². The van der Waals surface area contributed by atoms with Gasteiger partial charge < -0.3 is 15.4 Å². The fraction of sp³-hybridized carbons (Fsp3) is 0.250. The van der Waals surface area contributed by atoms with Crippen molar-refractivity contribution in [2.75, 3.05) is 26.7 Å². The zero-order chi connectivity index (χ0) is 18.5. The van der Waals surface area contributed by atoms with Gasteiger partial charge >= 0.3 is 0 Å². The molecule has 6 heteroatoms. The molecule has 136 valence electrons. The summed E-state index contributed by atoms with van der Waals surface area (Å²) in [6, 6.07) is 8.44. The second kappa shape index (κ2) is 8.10. The van der Waals surface area contributed by atoms with Gasteiger partial charge in [0, 0.05) is 24.7 Å². The fourth-order valence-electron chi connectivity index (χ4n) is 2.84. The average Bonchev–Trinajstić information content (AvgIpc) is 2.66. The lowest BCUT2D eigenvalue weighted by Gasteiger charge is -2.15. The van der Waals surface area contributed by atoms with Gasteiger partial charge in [-0.05, 0) is 42.8 Å². The van der Waals surface area contributed by atoms with Gasteiger partial charge in [-0.15, -0.1) is 0 Å². The van der Waals surface area contributed by atoms with Crippen LogP contribution in [-0.4, -0.2) is 32.7 Å². The second-order valence-corrected chi connectivity index (χ2v) is 6.04. The molecule has 2 aromatic rings. The summed E-state index contributed by atoms with van der Waals surface area (Å²) in [5.41, 5.74) is 1.67. The highest BCUT2D eigenvalue weighted by molar-refractivity contribution is 5.95. The maximum Gasteiger partial charge on any atom is 0.254 e. The Morgan fingerprint density at radius 2 is 2.04 bits per heavy atom. The van der Waals surface area contributed by atoms with Crippen LogP contribution in [0.25, 0.3) is 11.1 Å². The highest BCUT2D eigenvalue weighted by Gasteiger charge is 2.15. The molecule has 26 heavy (non-hydrogen) atoms. The Hall–Kier alpha value is -2.73. The van der Waals surface area contributed by atoms with E-state index in [-0.39, 0.29) is 11.1 Å². The van der Waals surface area contributed by atoms with E-state index in [0.29, 0.717) is 17.9 Å². The quantitative estimate of drug-likeness (QED) is 0.807. The van der Waals surface area contributed by atoms with Crippen LogP contribution in [0.5, 0.6) is 5.75 Å². The lowest BCUT2D eigenvalue weighted by molar-refractivity contribution is 0.0952. The van der Waals surface area contributed by atoms with Crippen molar-refractivity contribution in [3.8, 4) is 16.9 Å². The van der Waals surface area contributed by atoms with Crippen LogP contribution < -0.4 is 15.4 Å². The molecular weight excluding hydrogens is 338 g/mol. The summed E-state index contributed by atoms with van der Waals surface area (Å²) in [5, 5.41) is 5.92. The topological polar surface area (TPSA) is 50.4 Å². The van der Waals surface area contributed by atoms with Crippen molar-refractivity contribution in [1.29, 1.82) is 0 Å². The van der Waals surface area contributed by atoms with Gasteiger partial charge in [-0.1, -0.05) is 17.7 Å². The molecule has 0 radical (unpaired) electrons. The Balaban J connectivity index is 1.74. The first-order valence-electron chi connectivity index (χ1n) is 8.39. The lowest BCUT2D eigenvalue weighted by atomic mass is 10.0. The number of hydrogen-bond acceptors (Lipinski definition) is 3. The predicted molar refractivity (Wildman–Crippen MR) is 96.2 cm³/mol. The van der Waals surface area contributed by atoms with Gasteiger partial charge in [0.1, 0.15) is 17.4 Å². The van der Waals surface area contributed by atoms with Gasteiger partial charge in [-0.25, -0.2) is 8.78 Å². The van der Waals surface area contributed by atoms with Gasteiger partial charge in [0.25, 0.3) is 5.91 Å².